The molecule has 5 atom stereocenters. The third kappa shape index (κ3) is 4.39. The van der Waals surface area contributed by atoms with E-state index in [4.69, 9.17) is 9.47 Å². The summed E-state index contributed by atoms with van der Waals surface area (Å²) in [7, 11) is 1.60. The van der Waals surface area contributed by atoms with Gasteiger partial charge in [-0.2, -0.15) is 13.2 Å². The van der Waals surface area contributed by atoms with Gasteiger partial charge in [0.05, 0.1) is 13.7 Å². The number of rotatable bonds is 2. The Bertz CT molecular complexity index is 1150. The molecule has 194 valence electrons. The van der Waals surface area contributed by atoms with Crippen molar-refractivity contribution in [3.63, 3.8) is 0 Å². The SMILES string of the molecule is C.COc1ccc(C2OC[C@@]3(C)C(CC[C@@]3(O)C#CC(F)(F)F)C3CCC4=CC(=O)CCC4=C23)cc1. The van der Waals surface area contributed by atoms with Crippen molar-refractivity contribution >= 4 is 5.78 Å². The molecule has 3 unspecified atom stereocenters. The van der Waals surface area contributed by atoms with Crippen LogP contribution in [0.4, 0.5) is 13.2 Å². The first-order valence-corrected chi connectivity index (χ1v) is 12.1. The molecule has 3 aliphatic carbocycles. The lowest BCUT2D eigenvalue weighted by molar-refractivity contribution is -0.114. The number of carbonyl (C=O) groups excluding carboxylic acids is 1. The lowest BCUT2D eigenvalue weighted by Gasteiger charge is -2.42. The lowest BCUT2D eigenvalue weighted by atomic mass is 9.61. The van der Waals surface area contributed by atoms with Gasteiger partial charge in [0.15, 0.2) is 5.78 Å². The smallest absolute Gasteiger partial charge is 0.457 e. The van der Waals surface area contributed by atoms with E-state index in [-0.39, 0.29) is 38.1 Å². The van der Waals surface area contributed by atoms with E-state index in [0.29, 0.717) is 25.0 Å². The van der Waals surface area contributed by atoms with Crippen molar-refractivity contribution in [2.24, 2.45) is 17.3 Å². The van der Waals surface area contributed by atoms with Gasteiger partial charge in [-0.05, 0) is 84.4 Å². The van der Waals surface area contributed by atoms with E-state index in [1.54, 1.807) is 13.2 Å². The fourth-order valence-corrected chi connectivity index (χ4v) is 6.70. The molecular weight excluding hydrogens is 469 g/mol. The summed E-state index contributed by atoms with van der Waals surface area (Å²) in [5.41, 5.74) is 1.46. The van der Waals surface area contributed by atoms with Crippen LogP contribution in [0.5, 0.6) is 5.75 Å². The minimum absolute atomic E-state index is 0. The predicted molar refractivity (Wildman–Crippen MR) is 130 cm³/mol. The molecule has 1 saturated carbocycles. The van der Waals surface area contributed by atoms with Crippen LogP contribution in [-0.4, -0.2) is 36.4 Å². The molecular formula is C29H33F3O4. The van der Waals surface area contributed by atoms with Crippen LogP contribution in [0, 0.1) is 29.1 Å². The Kier molecular flexibility index (Phi) is 6.91. The number of ether oxygens (including phenoxy) is 2. The third-order valence-electron chi connectivity index (χ3n) is 8.54. The van der Waals surface area contributed by atoms with Crippen molar-refractivity contribution in [1.29, 1.82) is 0 Å². The molecule has 0 aromatic heterocycles. The molecule has 0 amide bonds. The topological polar surface area (TPSA) is 55.8 Å². The maximum Gasteiger partial charge on any atom is 0.457 e. The first-order valence-electron chi connectivity index (χ1n) is 12.1. The number of aliphatic hydroxyl groups is 1. The van der Waals surface area contributed by atoms with Crippen LogP contribution in [0.15, 0.2) is 47.1 Å². The molecule has 0 bridgehead atoms. The van der Waals surface area contributed by atoms with Crippen LogP contribution in [0.1, 0.15) is 64.5 Å². The molecule has 1 aromatic rings. The minimum atomic E-state index is -4.67. The Hall–Kier alpha value is -2.56. The summed E-state index contributed by atoms with van der Waals surface area (Å²) in [6.07, 6.45) is -0.0290. The second-order valence-corrected chi connectivity index (χ2v) is 10.3. The Morgan fingerprint density at radius 1 is 1.14 bits per heavy atom. The Labute approximate surface area is 210 Å². The van der Waals surface area contributed by atoms with E-state index in [0.717, 1.165) is 35.1 Å². The van der Waals surface area contributed by atoms with Crippen LogP contribution in [0.25, 0.3) is 0 Å². The van der Waals surface area contributed by atoms with Gasteiger partial charge in [-0.1, -0.05) is 32.4 Å². The van der Waals surface area contributed by atoms with Gasteiger partial charge in [0, 0.05) is 17.8 Å². The van der Waals surface area contributed by atoms with Crippen LogP contribution < -0.4 is 4.74 Å². The monoisotopic (exact) mass is 502 g/mol. The molecule has 1 aliphatic heterocycles. The van der Waals surface area contributed by atoms with E-state index in [9.17, 15) is 23.1 Å². The summed E-state index contributed by atoms with van der Waals surface area (Å²) in [6.45, 7) is 1.91. The van der Waals surface area contributed by atoms with Gasteiger partial charge in [0.2, 0.25) is 0 Å². The van der Waals surface area contributed by atoms with Crippen molar-refractivity contribution in [3.05, 3.63) is 52.6 Å². The average molecular weight is 503 g/mol. The quantitative estimate of drug-likeness (QED) is 0.496. The molecule has 4 aliphatic rings. The maximum atomic E-state index is 13.0. The van der Waals surface area contributed by atoms with Gasteiger partial charge in [-0.3, -0.25) is 4.79 Å². The molecule has 1 aromatic carbocycles. The zero-order chi connectivity index (χ0) is 25.0. The van der Waals surface area contributed by atoms with Crippen molar-refractivity contribution in [2.75, 3.05) is 13.7 Å². The number of hydrogen-bond donors (Lipinski definition) is 1. The van der Waals surface area contributed by atoms with Crippen molar-refractivity contribution in [3.8, 4) is 17.6 Å². The van der Waals surface area contributed by atoms with Crippen LogP contribution in [0.3, 0.4) is 0 Å². The first kappa shape index (κ1) is 26.5. The van der Waals surface area contributed by atoms with Crippen molar-refractivity contribution < 1.29 is 32.5 Å². The number of halogens is 3. The first-order chi connectivity index (χ1) is 16.5. The highest BCUT2D eigenvalue weighted by atomic mass is 19.4. The molecule has 5 rings (SSSR count). The van der Waals surface area contributed by atoms with E-state index in [1.807, 2.05) is 31.2 Å². The second-order valence-electron chi connectivity index (χ2n) is 10.3. The molecule has 2 fully saturated rings. The number of fused-ring (bicyclic) bond motifs is 4. The molecule has 1 heterocycles. The average Bonchev–Trinajstić information content (AvgIpc) is 2.99. The van der Waals surface area contributed by atoms with Crippen molar-refractivity contribution in [1.82, 2.24) is 0 Å². The van der Waals surface area contributed by atoms with Gasteiger partial charge in [0.25, 0.3) is 0 Å². The van der Waals surface area contributed by atoms with E-state index in [2.05, 4.69) is 5.92 Å². The molecule has 1 saturated heterocycles. The van der Waals surface area contributed by atoms with Crippen LogP contribution in [-0.2, 0) is 9.53 Å². The van der Waals surface area contributed by atoms with Gasteiger partial charge in [0.1, 0.15) is 17.5 Å². The third-order valence-corrected chi connectivity index (χ3v) is 8.54. The Morgan fingerprint density at radius 2 is 1.86 bits per heavy atom. The number of methoxy groups -OCH3 is 1. The van der Waals surface area contributed by atoms with E-state index in [1.165, 1.54) is 5.92 Å². The van der Waals surface area contributed by atoms with Crippen molar-refractivity contribution in [2.45, 2.75) is 70.8 Å². The van der Waals surface area contributed by atoms with E-state index >= 15 is 0 Å². The summed E-state index contributed by atoms with van der Waals surface area (Å²) in [4.78, 5) is 12.2. The second kappa shape index (κ2) is 9.39. The normalized spacial score (nSPS) is 33.7. The minimum Gasteiger partial charge on any atom is -0.497 e. The van der Waals surface area contributed by atoms with Gasteiger partial charge >= 0.3 is 6.18 Å². The summed E-state index contributed by atoms with van der Waals surface area (Å²) in [5.74, 6) is 4.32. The van der Waals surface area contributed by atoms with Gasteiger partial charge in [-0.15, -0.1) is 0 Å². The van der Waals surface area contributed by atoms with Crippen LogP contribution >= 0.6 is 0 Å². The fraction of sp³-hybridized carbons (Fsp3) is 0.552. The Balaban J connectivity index is 0.00000304. The largest absolute Gasteiger partial charge is 0.497 e. The maximum absolute atomic E-state index is 13.0. The molecule has 0 spiro atoms. The molecule has 1 N–H and O–H groups in total. The van der Waals surface area contributed by atoms with E-state index < -0.39 is 23.3 Å². The zero-order valence-electron chi connectivity index (χ0n) is 19.9. The predicted octanol–water partition coefficient (Wildman–Crippen LogP) is 6.11. The summed E-state index contributed by atoms with van der Waals surface area (Å²) in [6, 6.07) is 7.61. The highest BCUT2D eigenvalue weighted by Gasteiger charge is 2.61. The number of allylic oxidation sites excluding steroid dienone is 3. The summed E-state index contributed by atoms with van der Waals surface area (Å²) in [5, 5.41) is 11.5. The Morgan fingerprint density at radius 3 is 2.53 bits per heavy atom. The van der Waals surface area contributed by atoms with Crippen LogP contribution in [0.2, 0.25) is 0 Å². The highest BCUT2D eigenvalue weighted by Crippen LogP contribution is 2.61. The number of benzene rings is 1. The molecule has 36 heavy (non-hydrogen) atoms. The number of ketones is 1. The summed E-state index contributed by atoms with van der Waals surface area (Å²) >= 11 is 0. The molecule has 4 nitrogen and oxygen atoms in total. The molecule has 7 heteroatoms. The fourth-order valence-electron chi connectivity index (χ4n) is 6.70. The summed E-state index contributed by atoms with van der Waals surface area (Å²) < 4.78 is 50.8. The standard InChI is InChI=1S/C28H29F3O4.CH4/c1-26-16-35-25(17-3-7-20(34-2)8-4-17)24-21-10-6-19(32)15-18(21)5-9-22(24)23(26)11-12-27(26,33)13-14-28(29,30)31;/h3-4,7-8,15,22-23,25,33H,5-6,9-12,16H2,1-2H3;1H4/t22?,23?,25?,26-,27+;/m0./s1. The number of hydrogen-bond acceptors (Lipinski definition) is 4. The zero-order valence-corrected chi connectivity index (χ0v) is 19.9. The number of carbonyl (C=O) groups is 1. The van der Waals surface area contributed by atoms with Gasteiger partial charge < -0.3 is 14.6 Å². The number of alkyl halides is 3. The molecule has 0 radical (unpaired) electrons. The lowest BCUT2D eigenvalue weighted by Crippen LogP contribution is -2.48. The van der Waals surface area contributed by atoms with Gasteiger partial charge in [-0.25, -0.2) is 0 Å². The highest BCUT2D eigenvalue weighted by molar-refractivity contribution is 5.93.